The fraction of sp³-hybridized carbons (Fsp3) is 0.647. The first-order valence-corrected chi connectivity index (χ1v) is 7.73. The van der Waals surface area contributed by atoms with E-state index in [9.17, 15) is 0 Å². The van der Waals surface area contributed by atoms with Crippen LogP contribution in [-0.2, 0) is 0 Å². The summed E-state index contributed by atoms with van der Waals surface area (Å²) in [6, 6.07) is 10.7. The van der Waals surface area contributed by atoms with Crippen LogP contribution >= 0.6 is 0 Å². The third-order valence-electron chi connectivity index (χ3n) is 4.39. The molecule has 2 heteroatoms. The van der Waals surface area contributed by atoms with E-state index in [0.29, 0.717) is 18.1 Å². The van der Waals surface area contributed by atoms with Crippen molar-refractivity contribution in [2.24, 2.45) is 0 Å². The molecule has 106 valence electrons. The van der Waals surface area contributed by atoms with Gasteiger partial charge in [-0.05, 0) is 45.6 Å². The molecule has 3 unspecified atom stereocenters. The van der Waals surface area contributed by atoms with Gasteiger partial charge >= 0.3 is 0 Å². The van der Waals surface area contributed by atoms with Crippen LogP contribution < -0.4 is 5.43 Å². The Morgan fingerprint density at radius 1 is 1.16 bits per heavy atom. The number of nitrogens with zero attached hydrogens (tertiary/aromatic N) is 1. The molecular formula is C17H28N2. The molecule has 0 aliphatic carbocycles. The van der Waals surface area contributed by atoms with Crippen molar-refractivity contribution in [1.82, 2.24) is 10.4 Å². The number of hydrazine groups is 1. The summed E-state index contributed by atoms with van der Waals surface area (Å²) in [5.41, 5.74) is 6.51. The second-order valence-electron chi connectivity index (χ2n) is 6.04. The highest BCUT2D eigenvalue weighted by Crippen LogP contribution is 2.24. The minimum absolute atomic E-state index is 0.434. The normalized spacial score (nSPS) is 26.3. The largest absolute Gasteiger partial charge is 0.247 e. The Morgan fingerprint density at radius 2 is 1.74 bits per heavy atom. The Labute approximate surface area is 118 Å². The first-order chi connectivity index (χ1) is 9.11. The van der Waals surface area contributed by atoms with Gasteiger partial charge in [-0.25, -0.2) is 10.4 Å². The van der Waals surface area contributed by atoms with Crippen LogP contribution in [0.2, 0.25) is 0 Å². The first kappa shape index (κ1) is 14.5. The highest BCUT2D eigenvalue weighted by atomic mass is 15.5. The van der Waals surface area contributed by atoms with Crippen LogP contribution in [0.4, 0.5) is 0 Å². The van der Waals surface area contributed by atoms with Crippen molar-refractivity contribution in [3.63, 3.8) is 0 Å². The third kappa shape index (κ3) is 3.58. The molecule has 1 aromatic rings. The number of piperidine rings is 1. The molecular weight excluding hydrogens is 232 g/mol. The maximum Gasteiger partial charge on any atom is 0.0462 e. The molecule has 0 saturated carbocycles. The van der Waals surface area contributed by atoms with Crippen molar-refractivity contribution >= 4 is 0 Å². The van der Waals surface area contributed by atoms with Gasteiger partial charge in [-0.1, -0.05) is 43.2 Å². The van der Waals surface area contributed by atoms with Crippen molar-refractivity contribution in [3.05, 3.63) is 35.4 Å². The van der Waals surface area contributed by atoms with E-state index in [1.54, 1.807) is 0 Å². The van der Waals surface area contributed by atoms with Crippen LogP contribution in [0.5, 0.6) is 0 Å². The highest BCUT2D eigenvalue weighted by Gasteiger charge is 2.26. The maximum absolute atomic E-state index is 3.77. The van der Waals surface area contributed by atoms with Crippen molar-refractivity contribution in [2.75, 3.05) is 0 Å². The Hall–Kier alpha value is -0.860. The average molecular weight is 260 g/mol. The van der Waals surface area contributed by atoms with Crippen LogP contribution in [0.15, 0.2) is 24.3 Å². The molecule has 3 atom stereocenters. The molecule has 1 aliphatic heterocycles. The van der Waals surface area contributed by atoms with Gasteiger partial charge in [-0.2, -0.15) is 0 Å². The van der Waals surface area contributed by atoms with Crippen LogP contribution in [0, 0.1) is 6.92 Å². The molecule has 1 saturated heterocycles. The minimum Gasteiger partial charge on any atom is -0.247 e. The average Bonchev–Trinajstić information content (AvgIpc) is 2.40. The Kier molecular flexibility index (Phi) is 5.00. The van der Waals surface area contributed by atoms with Gasteiger partial charge in [0.05, 0.1) is 0 Å². The number of aryl methyl sites for hydroxylation is 1. The zero-order chi connectivity index (χ0) is 13.8. The molecule has 0 aromatic heterocycles. The fourth-order valence-corrected chi connectivity index (χ4v) is 3.06. The van der Waals surface area contributed by atoms with Gasteiger partial charge in [-0.3, -0.25) is 0 Å². The van der Waals surface area contributed by atoms with Gasteiger partial charge in [0.25, 0.3) is 0 Å². The zero-order valence-corrected chi connectivity index (χ0v) is 12.8. The fourth-order valence-electron chi connectivity index (χ4n) is 3.06. The minimum atomic E-state index is 0.434. The molecule has 1 aliphatic rings. The summed E-state index contributed by atoms with van der Waals surface area (Å²) in [6.07, 6.45) is 5.10. The van der Waals surface area contributed by atoms with Gasteiger partial charge in [-0.15, -0.1) is 0 Å². The Bertz CT molecular complexity index is 375. The number of hydrogen-bond donors (Lipinski definition) is 1. The molecule has 0 spiro atoms. The number of rotatable bonds is 4. The van der Waals surface area contributed by atoms with Crippen molar-refractivity contribution < 1.29 is 0 Å². The summed E-state index contributed by atoms with van der Waals surface area (Å²) in [5.74, 6) is 0. The summed E-state index contributed by atoms with van der Waals surface area (Å²) in [5, 5.41) is 2.48. The highest BCUT2D eigenvalue weighted by molar-refractivity contribution is 5.24. The second-order valence-corrected chi connectivity index (χ2v) is 6.04. The molecule has 1 aromatic carbocycles. The lowest BCUT2D eigenvalue weighted by molar-refractivity contribution is 0.0284. The van der Waals surface area contributed by atoms with Crippen molar-refractivity contribution in [1.29, 1.82) is 0 Å². The molecule has 0 bridgehead atoms. The van der Waals surface area contributed by atoms with E-state index < -0.39 is 0 Å². The van der Waals surface area contributed by atoms with Crippen LogP contribution in [0.3, 0.4) is 0 Å². The topological polar surface area (TPSA) is 15.3 Å². The number of hydrogen-bond acceptors (Lipinski definition) is 2. The zero-order valence-electron chi connectivity index (χ0n) is 12.8. The van der Waals surface area contributed by atoms with Gasteiger partial charge in [0.2, 0.25) is 0 Å². The second kappa shape index (κ2) is 6.53. The van der Waals surface area contributed by atoms with E-state index in [0.717, 1.165) is 6.42 Å². The van der Waals surface area contributed by atoms with E-state index in [1.165, 1.54) is 30.4 Å². The Morgan fingerprint density at radius 3 is 2.26 bits per heavy atom. The van der Waals surface area contributed by atoms with Crippen LogP contribution in [0.1, 0.15) is 63.6 Å². The quantitative estimate of drug-likeness (QED) is 0.872. The summed E-state index contributed by atoms with van der Waals surface area (Å²) in [7, 11) is 0. The standard InChI is InChI=1S/C17H28N2/c1-5-17(16-11-9-13(2)10-12-16)18-19-14(3)7-6-8-15(19)4/h9-12,14-15,17-18H,5-8H2,1-4H3. The monoisotopic (exact) mass is 260 g/mol. The van der Waals surface area contributed by atoms with E-state index in [1.807, 2.05) is 0 Å². The van der Waals surface area contributed by atoms with Crippen molar-refractivity contribution in [3.8, 4) is 0 Å². The van der Waals surface area contributed by atoms with E-state index in [-0.39, 0.29) is 0 Å². The number of nitrogens with one attached hydrogen (secondary N) is 1. The summed E-state index contributed by atoms with van der Waals surface area (Å²) < 4.78 is 0. The molecule has 19 heavy (non-hydrogen) atoms. The lowest BCUT2D eigenvalue weighted by atomic mass is 9.99. The van der Waals surface area contributed by atoms with Gasteiger partial charge in [0.1, 0.15) is 0 Å². The summed E-state index contributed by atoms with van der Waals surface area (Å²) >= 11 is 0. The van der Waals surface area contributed by atoms with Gasteiger partial charge in [0, 0.05) is 18.1 Å². The molecule has 0 amide bonds. The summed E-state index contributed by atoms with van der Waals surface area (Å²) in [4.78, 5) is 0. The predicted octanol–water partition coefficient (Wildman–Crippen LogP) is 4.21. The molecule has 2 rings (SSSR count). The van der Waals surface area contributed by atoms with Gasteiger partial charge in [0.15, 0.2) is 0 Å². The molecule has 1 N–H and O–H groups in total. The first-order valence-electron chi connectivity index (χ1n) is 7.73. The van der Waals surface area contributed by atoms with E-state index >= 15 is 0 Å². The summed E-state index contributed by atoms with van der Waals surface area (Å²) in [6.45, 7) is 9.08. The molecule has 1 heterocycles. The third-order valence-corrected chi connectivity index (χ3v) is 4.39. The smallest absolute Gasteiger partial charge is 0.0462 e. The van der Waals surface area contributed by atoms with Gasteiger partial charge < -0.3 is 0 Å². The Balaban J connectivity index is 2.07. The van der Waals surface area contributed by atoms with Crippen molar-refractivity contribution in [2.45, 2.75) is 71.5 Å². The van der Waals surface area contributed by atoms with Crippen LogP contribution in [0.25, 0.3) is 0 Å². The SMILES string of the molecule is CCC(NN1C(C)CCCC1C)c1ccc(C)cc1. The maximum atomic E-state index is 3.77. The lowest BCUT2D eigenvalue weighted by Gasteiger charge is -2.41. The molecule has 0 radical (unpaired) electrons. The van der Waals surface area contributed by atoms with E-state index in [2.05, 4.69) is 62.4 Å². The molecule has 1 fully saturated rings. The predicted molar refractivity (Wildman–Crippen MR) is 82.0 cm³/mol. The lowest BCUT2D eigenvalue weighted by Crippen LogP contribution is -2.53. The number of benzene rings is 1. The van der Waals surface area contributed by atoms with Crippen LogP contribution in [-0.4, -0.2) is 17.1 Å². The van der Waals surface area contributed by atoms with E-state index in [4.69, 9.17) is 0 Å². The molecule has 2 nitrogen and oxygen atoms in total.